The normalized spacial score (nSPS) is 17.8. The lowest BCUT2D eigenvalue weighted by Gasteiger charge is -2.14. The molecule has 0 spiro atoms. The molecule has 0 bridgehead atoms. The third kappa shape index (κ3) is 4.86. The molecular weight excluding hydrogens is 377 g/mol. The maximum Gasteiger partial charge on any atom is 0.242 e. The van der Waals surface area contributed by atoms with Gasteiger partial charge < -0.3 is 5.32 Å². The third-order valence-corrected chi connectivity index (χ3v) is 5.23. The summed E-state index contributed by atoms with van der Waals surface area (Å²) in [6, 6.07) is 13.2. The smallest absolute Gasteiger partial charge is 0.242 e. The number of halogens is 1. The Kier molecular flexibility index (Phi) is 6.26. The van der Waals surface area contributed by atoms with Gasteiger partial charge in [-0.15, -0.1) is 6.58 Å². The second-order valence-corrected chi connectivity index (χ2v) is 7.51. The molecule has 2 aromatic carbocycles. The first-order valence-corrected chi connectivity index (χ1v) is 9.64. The van der Waals surface area contributed by atoms with Crippen molar-refractivity contribution in [1.29, 1.82) is 0 Å². The van der Waals surface area contributed by atoms with Crippen molar-refractivity contribution in [3.63, 3.8) is 0 Å². The summed E-state index contributed by atoms with van der Waals surface area (Å²) in [7, 11) is 0. The van der Waals surface area contributed by atoms with E-state index < -0.39 is 5.25 Å². The Balaban J connectivity index is 1.73. The highest BCUT2D eigenvalue weighted by molar-refractivity contribution is 8.15. The van der Waals surface area contributed by atoms with Crippen LogP contribution in [0.4, 0.5) is 15.8 Å². The minimum absolute atomic E-state index is 0.00135. The van der Waals surface area contributed by atoms with Crippen LogP contribution in [-0.2, 0) is 9.59 Å². The molecule has 0 aliphatic carbocycles. The number of amidine groups is 1. The van der Waals surface area contributed by atoms with Gasteiger partial charge in [-0.1, -0.05) is 30.0 Å². The molecule has 2 amide bonds. The van der Waals surface area contributed by atoms with E-state index in [1.54, 1.807) is 6.08 Å². The highest BCUT2D eigenvalue weighted by Gasteiger charge is 2.38. The Bertz CT molecular complexity index is 928. The van der Waals surface area contributed by atoms with E-state index in [0.29, 0.717) is 17.4 Å². The van der Waals surface area contributed by atoms with Crippen LogP contribution in [0.5, 0.6) is 0 Å². The average molecular weight is 397 g/mol. The van der Waals surface area contributed by atoms with Crippen molar-refractivity contribution in [2.45, 2.75) is 18.6 Å². The number of anilines is 1. The fourth-order valence-electron chi connectivity index (χ4n) is 2.74. The number of hydrogen-bond donors (Lipinski definition) is 1. The van der Waals surface area contributed by atoms with Gasteiger partial charge in [0.25, 0.3) is 0 Å². The van der Waals surface area contributed by atoms with Gasteiger partial charge in [0.05, 0.1) is 5.69 Å². The van der Waals surface area contributed by atoms with Crippen LogP contribution in [0.3, 0.4) is 0 Å². The molecule has 0 aromatic heterocycles. The van der Waals surface area contributed by atoms with Crippen molar-refractivity contribution in [2.24, 2.45) is 4.99 Å². The van der Waals surface area contributed by atoms with E-state index in [0.717, 1.165) is 11.3 Å². The topological polar surface area (TPSA) is 61.8 Å². The van der Waals surface area contributed by atoms with Crippen molar-refractivity contribution < 1.29 is 14.0 Å². The fraction of sp³-hybridized carbons (Fsp3) is 0.190. The van der Waals surface area contributed by atoms with Gasteiger partial charge in [0.15, 0.2) is 5.17 Å². The largest absolute Gasteiger partial charge is 0.326 e. The van der Waals surface area contributed by atoms with Crippen LogP contribution in [0.15, 0.2) is 66.2 Å². The van der Waals surface area contributed by atoms with E-state index in [-0.39, 0.29) is 24.1 Å². The summed E-state index contributed by atoms with van der Waals surface area (Å²) in [5.74, 6) is -0.866. The molecule has 1 aliphatic heterocycles. The number of aliphatic imine (C=N–C) groups is 1. The molecule has 28 heavy (non-hydrogen) atoms. The van der Waals surface area contributed by atoms with Crippen molar-refractivity contribution in [1.82, 2.24) is 4.90 Å². The van der Waals surface area contributed by atoms with Crippen LogP contribution < -0.4 is 5.32 Å². The number of hydrogen-bond acceptors (Lipinski definition) is 4. The van der Waals surface area contributed by atoms with E-state index in [2.05, 4.69) is 16.9 Å². The number of nitrogens with one attached hydrogen (secondary N) is 1. The van der Waals surface area contributed by atoms with Crippen LogP contribution in [0.1, 0.15) is 12.0 Å². The predicted octanol–water partition coefficient (Wildman–Crippen LogP) is 4.28. The lowest BCUT2D eigenvalue weighted by Crippen LogP contribution is -2.33. The number of benzene rings is 2. The van der Waals surface area contributed by atoms with Gasteiger partial charge in [0.1, 0.15) is 11.1 Å². The van der Waals surface area contributed by atoms with Gasteiger partial charge in [0, 0.05) is 18.7 Å². The summed E-state index contributed by atoms with van der Waals surface area (Å²) < 4.78 is 13.0. The summed E-state index contributed by atoms with van der Waals surface area (Å²) in [6.07, 6.45) is 1.63. The van der Waals surface area contributed by atoms with Crippen molar-refractivity contribution >= 4 is 40.1 Å². The number of amides is 2. The Morgan fingerprint density at radius 3 is 2.75 bits per heavy atom. The van der Waals surface area contributed by atoms with Gasteiger partial charge in [-0.05, 0) is 48.9 Å². The van der Waals surface area contributed by atoms with Crippen LogP contribution in [-0.4, -0.2) is 33.7 Å². The average Bonchev–Trinajstić information content (AvgIpc) is 2.93. The molecule has 1 atom stereocenters. The molecule has 5 nitrogen and oxygen atoms in total. The number of carbonyl (C=O) groups is 2. The van der Waals surface area contributed by atoms with Crippen LogP contribution in [0.25, 0.3) is 0 Å². The second kappa shape index (κ2) is 8.84. The predicted molar refractivity (Wildman–Crippen MR) is 111 cm³/mol. The zero-order chi connectivity index (χ0) is 20.1. The molecule has 1 aliphatic rings. The Morgan fingerprint density at radius 1 is 1.32 bits per heavy atom. The van der Waals surface area contributed by atoms with Gasteiger partial charge in [0.2, 0.25) is 11.8 Å². The number of thioether (sulfide) groups is 1. The van der Waals surface area contributed by atoms with Gasteiger partial charge in [-0.25, -0.2) is 9.38 Å². The van der Waals surface area contributed by atoms with Crippen molar-refractivity contribution in [3.8, 4) is 0 Å². The monoisotopic (exact) mass is 397 g/mol. The summed E-state index contributed by atoms with van der Waals surface area (Å²) >= 11 is 1.27. The molecule has 1 fully saturated rings. The van der Waals surface area contributed by atoms with Crippen LogP contribution >= 0.6 is 11.8 Å². The Labute approximate surface area is 167 Å². The van der Waals surface area contributed by atoms with Gasteiger partial charge >= 0.3 is 0 Å². The molecule has 144 valence electrons. The zero-order valence-corrected chi connectivity index (χ0v) is 16.2. The van der Waals surface area contributed by atoms with Gasteiger partial charge in [-0.3, -0.25) is 14.5 Å². The van der Waals surface area contributed by atoms with E-state index in [4.69, 9.17) is 0 Å². The molecule has 7 heteroatoms. The fourth-order valence-corrected chi connectivity index (χ4v) is 3.91. The summed E-state index contributed by atoms with van der Waals surface area (Å²) in [5, 5.41) is 2.67. The Hall–Kier alpha value is -2.93. The zero-order valence-electron chi connectivity index (χ0n) is 15.4. The molecule has 3 rings (SSSR count). The minimum Gasteiger partial charge on any atom is -0.326 e. The summed E-state index contributed by atoms with van der Waals surface area (Å²) in [6.45, 7) is 5.99. The molecule has 0 unspecified atom stereocenters. The number of carbonyl (C=O) groups excluding carboxylic acids is 2. The maximum atomic E-state index is 13.0. The second-order valence-electron chi connectivity index (χ2n) is 6.34. The molecule has 1 heterocycles. The summed E-state index contributed by atoms with van der Waals surface area (Å²) in [5.41, 5.74) is 2.31. The van der Waals surface area contributed by atoms with E-state index in [9.17, 15) is 14.0 Å². The molecule has 1 saturated heterocycles. The first-order chi connectivity index (χ1) is 13.5. The maximum absolute atomic E-state index is 13.0. The first-order valence-electron chi connectivity index (χ1n) is 8.76. The minimum atomic E-state index is -0.566. The number of rotatable bonds is 6. The third-order valence-electron chi connectivity index (χ3n) is 4.06. The Morgan fingerprint density at radius 2 is 2.07 bits per heavy atom. The highest BCUT2D eigenvalue weighted by atomic mass is 32.2. The molecule has 0 radical (unpaired) electrons. The number of aryl methyl sites for hydroxylation is 1. The van der Waals surface area contributed by atoms with Crippen molar-refractivity contribution in [2.75, 3.05) is 11.9 Å². The van der Waals surface area contributed by atoms with Gasteiger partial charge in [-0.2, -0.15) is 0 Å². The van der Waals surface area contributed by atoms with Crippen molar-refractivity contribution in [3.05, 3.63) is 72.6 Å². The quantitative estimate of drug-likeness (QED) is 0.740. The lowest BCUT2D eigenvalue weighted by atomic mass is 10.2. The van der Waals surface area contributed by atoms with Crippen LogP contribution in [0, 0.1) is 12.7 Å². The molecule has 1 N–H and O–H groups in total. The molecule has 0 saturated carbocycles. The van der Waals surface area contributed by atoms with E-state index in [1.807, 2.05) is 31.2 Å². The first kappa shape index (κ1) is 19.8. The van der Waals surface area contributed by atoms with E-state index >= 15 is 0 Å². The molecule has 2 aromatic rings. The standard InChI is InChI=1S/C21H20FN3O2S/c1-3-11-25-20(27)18(13-19(26)23-16-9-7-15(22)8-10-16)28-21(25)24-17-6-4-5-14(2)12-17/h3-10,12,18H,1,11,13H2,2H3,(H,23,26)/t18-/m1/s1. The van der Waals surface area contributed by atoms with E-state index in [1.165, 1.54) is 40.9 Å². The summed E-state index contributed by atoms with van der Waals surface area (Å²) in [4.78, 5) is 31.2. The lowest BCUT2D eigenvalue weighted by molar-refractivity contribution is -0.127. The number of nitrogens with zero attached hydrogens (tertiary/aromatic N) is 2. The molecular formula is C21H20FN3O2S. The van der Waals surface area contributed by atoms with Crippen LogP contribution in [0.2, 0.25) is 0 Å². The highest BCUT2D eigenvalue weighted by Crippen LogP contribution is 2.32. The SMILES string of the molecule is C=CCN1C(=O)[C@@H](CC(=O)Nc2ccc(F)cc2)SC1=Nc1cccc(C)c1.